The maximum Gasteiger partial charge on any atom is 0.213 e. The Morgan fingerprint density at radius 1 is 1.67 bits per heavy atom. The van der Waals surface area contributed by atoms with E-state index in [1.54, 1.807) is 6.92 Å². The molecule has 84 valence electrons. The SMILES string of the molecule is CCn1ncc(Cl)c1C(=O)C(C)(O)CC. The molecule has 1 atom stereocenters. The van der Waals surface area contributed by atoms with Gasteiger partial charge in [0.15, 0.2) is 0 Å². The number of halogens is 1. The summed E-state index contributed by atoms with van der Waals surface area (Å²) in [6, 6.07) is 0. The van der Waals surface area contributed by atoms with Crippen LogP contribution in [0.3, 0.4) is 0 Å². The smallest absolute Gasteiger partial charge is 0.213 e. The average molecular weight is 231 g/mol. The van der Waals surface area contributed by atoms with Gasteiger partial charge in [-0.2, -0.15) is 5.10 Å². The highest BCUT2D eigenvalue weighted by Gasteiger charge is 2.33. The topological polar surface area (TPSA) is 55.1 Å². The first-order chi connectivity index (χ1) is 6.94. The van der Waals surface area contributed by atoms with Gasteiger partial charge in [0.25, 0.3) is 0 Å². The van der Waals surface area contributed by atoms with Crippen LogP contribution in [-0.4, -0.2) is 26.3 Å². The van der Waals surface area contributed by atoms with Crippen LogP contribution >= 0.6 is 11.6 Å². The van der Waals surface area contributed by atoms with Crippen LogP contribution < -0.4 is 0 Å². The molecule has 1 rings (SSSR count). The largest absolute Gasteiger partial charge is 0.382 e. The molecule has 15 heavy (non-hydrogen) atoms. The third-order valence-corrected chi connectivity index (χ3v) is 2.76. The summed E-state index contributed by atoms with van der Waals surface area (Å²) in [6.45, 7) is 5.64. The lowest BCUT2D eigenvalue weighted by molar-refractivity contribution is 0.0379. The molecule has 1 aromatic rings. The van der Waals surface area contributed by atoms with E-state index in [1.165, 1.54) is 17.8 Å². The van der Waals surface area contributed by atoms with Gasteiger partial charge >= 0.3 is 0 Å². The fourth-order valence-electron chi connectivity index (χ4n) is 1.24. The normalized spacial score (nSPS) is 15.0. The molecule has 0 aliphatic heterocycles. The summed E-state index contributed by atoms with van der Waals surface area (Å²) in [5.41, 5.74) is -1.10. The lowest BCUT2D eigenvalue weighted by atomic mass is 9.95. The highest BCUT2D eigenvalue weighted by atomic mass is 35.5. The number of carbonyl (C=O) groups is 1. The van der Waals surface area contributed by atoms with Crippen LogP contribution in [-0.2, 0) is 6.54 Å². The number of aliphatic hydroxyl groups is 1. The molecule has 4 nitrogen and oxygen atoms in total. The molecule has 0 radical (unpaired) electrons. The third kappa shape index (κ3) is 2.21. The van der Waals surface area contributed by atoms with E-state index >= 15 is 0 Å². The second-order valence-electron chi connectivity index (χ2n) is 3.61. The lowest BCUT2D eigenvalue weighted by Gasteiger charge is -2.19. The van der Waals surface area contributed by atoms with Crippen molar-refractivity contribution in [1.29, 1.82) is 0 Å². The highest BCUT2D eigenvalue weighted by Crippen LogP contribution is 2.22. The van der Waals surface area contributed by atoms with E-state index < -0.39 is 5.60 Å². The maximum atomic E-state index is 12.0. The molecule has 0 spiro atoms. The van der Waals surface area contributed by atoms with Gasteiger partial charge in [0.05, 0.1) is 11.2 Å². The van der Waals surface area contributed by atoms with Gasteiger partial charge in [0.1, 0.15) is 11.3 Å². The molecule has 0 aromatic carbocycles. The Balaban J connectivity index is 3.16. The van der Waals surface area contributed by atoms with Crippen molar-refractivity contribution in [2.24, 2.45) is 0 Å². The lowest BCUT2D eigenvalue weighted by Crippen LogP contribution is -2.36. The Morgan fingerprint density at radius 3 is 2.73 bits per heavy atom. The van der Waals surface area contributed by atoms with Crippen LogP contribution in [0.4, 0.5) is 0 Å². The van der Waals surface area contributed by atoms with Gasteiger partial charge in [0, 0.05) is 6.54 Å². The molecule has 0 bridgehead atoms. The number of rotatable bonds is 4. The van der Waals surface area contributed by atoms with Crippen molar-refractivity contribution in [3.8, 4) is 0 Å². The van der Waals surface area contributed by atoms with Crippen molar-refractivity contribution in [1.82, 2.24) is 9.78 Å². The molecule has 0 amide bonds. The Hall–Kier alpha value is -0.870. The Kier molecular flexibility index (Phi) is 3.52. The number of Topliss-reactive ketones (excluding diaryl/α,β-unsaturated/α-hetero) is 1. The molecule has 1 aromatic heterocycles. The van der Waals surface area contributed by atoms with E-state index in [-0.39, 0.29) is 16.5 Å². The molecule has 5 heteroatoms. The number of aromatic nitrogens is 2. The van der Waals surface area contributed by atoms with Gasteiger partial charge in [-0.1, -0.05) is 18.5 Å². The number of carbonyl (C=O) groups excluding carboxylic acids is 1. The van der Waals surface area contributed by atoms with Crippen LogP contribution in [0.2, 0.25) is 5.02 Å². The van der Waals surface area contributed by atoms with E-state index in [0.717, 1.165) is 0 Å². The van der Waals surface area contributed by atoms with Gasteiger partial charge in [0.2, 0.25) is 5.78 Å². The first-order valence-corrected chi connectivity index (χ1v) is 5.30. The minimum Gasteiger partial charge on any atom is -0.382 e. The number of hydrogen-bond donors (Lipinski definition) is 1. The van der Waals surface area contributed by atoms with Crippen LogP contribution in [0, 0.1) is 0 Å². The highest BCUT2D eigenvalue weighted by molar-refractivity contribution is 6.34. The number of ketones is 1. The van der Waals surface area contributed by atoms with Gasteiger partial charge in [-0.15, -0.1) is 0 Å². The van der Waals surface area contributed by atoms with Crippen LogP contribution in [0.15, 0.2) is 6.20 Å². The molecule has 0 fully saturated rings. The van der Waals surface area contributed by atoms with E-state index in [2.05, 4.69) is 5.10 Å². The fourth-order valence-corrected chi connectivity index (χ4v) is 1.47. The van der Waals surface area contributed by atoms with Crippen LogP contribution in [0.25, 0.3) is 0 Å². The average Bonchev–Trinajstić information content (AvgIpc) is 2.58. The second kappa shape index (κ2) is 4.33. The molecular formula is C10H15ClN2O2. The standard InChI is InChI=1S/C10H15ClN2O2/c1-4-10(3,15)9(14)8-7(11)6-12-13(8)5-2/h6,15H,4-5H2,1-3H3. The summed E-state index contributed by atoms with van der Waals surface area (Å²) in [7, 11) is 0. The second-order valence-corrected chi connectivity index (χ2v) is 4.02. The van der Waals surface area contributed by atoms with E-state index in [4.69, 9.17) is 11.6 Å². The van der Waals surface area contributed by atoms with Crippen LogP contribution in [0.5, 0.6) is 0 Å². The van der Waals surface area contributed by atoms with Crippen molar-refractivity contribution in [3.63, 3.8) is 0 Å². The zero-order chi connectivity index (χ0) is 11.6. The third-order valence-electron chi connectivity index (χ3n) is 2.49. The summed E-state index contributed by atoms with van der Waals surface area (Å²) in [6.07, 6.45) is 1.76. The molecule has 1 heterocycles. The monoisotopic (exact) mass is 230 g/mol. The summed E-state index contributed by atoms with van der Waals surface area (Å²) in [4.78, 5) is 12.0. The van der Waals surface area contributed by atoms with Gasteiger partial charge in [-0.25, -0.2) is 0 Å². The summed E-state index contributed by atoms with van der Waals surface area (Å²) >= 11 is 5.87. The summed E-state index contributed by atoms with van der Waals surface area (Å²) in [5.74, 6) is -0.380. The molecule has 0 saturated heterocycles. The van der Waals surface area contributed by atoms with Crippen molar-refractivity contribution in [2.45, 2.75) is 39.3 Å². The zero-order valence-corrected chi connectivity index (χ0v) is 9.88. The van der Waals surface area contributed by atoms with E-state index in [9.17, 15) is 9.90 Å². The van der Waals surface area contributed by atoms with Gasteiger partial charge < -0.3 is 5.11 Å². The van der Waals surface area contributed by atoms with Crippen molar-refractivity contribution >= 4 is 17.4 Å². The summed E-state index contributed by atoms with van der Waals surface area (Å²) < 4.78 is 1.49. The van der Waals surface area contributed by atoms with Gasteiger partial charge in [-0.3, -0.25) is 9.48 Å². The summed E-state index contributed by atoms with van der Waals surface area (Å²) in [5, 5.41) is 14.1. The minimum absolute atomic E-state index is 0.283. The molecule has 0 saturated carbocycles. The molecule has 1 N–H and O–H groups in total. The Bertz CT molecular complexity index is 371. The number of aryl methyl sites for hydroxylation is 1. The number of hydrogen-bond acceptors (Lipinski definition) is 3. The van der Waals surface area contributed by atoms with Crippen LogP contribution in [0.1, 0.15) is 37.7 Å². The molecular weight excluding hydrogens is 216 g/mol. The molecule has 1 unspecified atom stereocenters. The first-order valence-electron chi connectivity index (χ1n) is 4.92. The minimum atomic E-state index is -1.38. The molecule has 0 aliphatic rings. The number of nitrogens with zero attached hydrogens (tertiary/aromatic N) is 2. The Labute approximate surface area is 93.9 Å². The van der Waals surface area contributed by atoms with E-state index in [1.807, 2.05) is 6.92 Å². The molecule has 0 aliphatic carbocycles. The fraction of sp³-hybridized carbons (Fsp3) is 0.600. The van der Waals surface area contributed by atoms with Gasteiger partial charge in [-0.05, 0) is 20.3 Å². The van der Waals surface area contributed by atoms with E-state index in [0.29, 0.717) is 13.0 Å². The zero-order valence-electron chi connectivity index (χ0n) is 9.12. The Morgan fingerprint density at radius 2 is 2.27 bits per heavy atom. The first kappa shape index (κ1) is 12.2. The van der Waals surface area contributed by atoms with Crippen molar-refractivity contribution < 1.29 is 9.90 Å². The predicted molar refractivity (Wildman–Crippen MR) is 58.2 cm³/mol. The van der Waals surface area contributed by atoms with Crippen molar-refractivity contribution in [3.05, 3.63) is 16.9 Å². The quantitative estimate of drug-likeness (QED) is 0.804. The predicted octanol–water partition coefficient (Wildman–Crippen LogP) is 1.90. The van der Waals surface area contributed by atoms with Crippen molar-refractivity contribution in [2.75, 3.05) is 0 Å². The maximum absolute atomic E-state index is 12.0.